The lowest BCUT2D eigenvalue weighted by molar-refractivity contribution is -0.131. The predicted octanol–water partition coefficient (Wildman–Crippen LogP) is 3.92. The maximum Gasteiger partial charge on any atom is 0.223 e. The number of rotatable bonds is 6. The van der Waals surface area contributed by atoms with Crippen LogP contribution in [0.5, 0.6) is 17.4 Å². The smallest absolute Gasteiger partial charge is 0.223 e. The molecule has 0 saturated carbocycles. The van der Waals surface area contributed by atoms with Crippen LogP contribution in [0.4, 0.5) is 0 Å². The number of nitrogens with zero attached hydrogens (tertiary/aromatic N) is 3. The van der Waals surface area contributed by atoms with E-state index in [2.05, 4.69) is 9.97 Å². The molecule has 0 radical (unpaired) electrons. The van der Waals surface area contributed by atoms with Gasteiger partial charge in [0.1, 0.15) is 17.3 Å². The number of hydrogen-bond donors (Lipinski definition) is 0. The Hall–Kier alpha value is -2.34. The number of carbonyl (C=O) groups excluding carboxylic acids is 1. The predicted molar refractivity (Wildman–Crippen MR) is 104 cm³/mol. The number of benzene rings is 1. The molecule has 1 aromatic carbocycles. The number of alkyl halides is 1. The molecule has 1 fully saturated rings. The summed E-state index contributed by atoms with van der Waals surface area (Å²) in [4.78, 5) is 23.1. The summed E-state index contributed by atoms with van der Waals surface area (Å²) in [6.07, 6.45) is 2.09. The van der Waals surface area contributed by atoms with E-state index in [1.165, 1.54) is 0 Å². The van der Waals surface area contributed by atoms with Crippen molar-refractivity contribution in [2.75, 3.05) is 26.1 Å². The summed E-state index contributed by atoms with van der Waals surface area (Å²) < 4.78 is 11.1. The minimum atomic E-state index is 0.122. The number of amides is 1. The third-order valence-electron chi connectivity index (χ3n) is 4.65. The van der Waals surface area contributed by atoms with Gasteiger partial charge >= 0.3 is 0 Å². The van der Waals surface area contributed by atoms with Crippen molar-refractivity contribution in [3.63, 3.8) is 0 Å². The van der Waals surface area contributed by atoms with Crippen LogP contribution in [-0.2, 0) is 4.79 Å². The fraction of sp³-hybridized carbons (Fsp3) is 0.450. The second kappa shape index (κ2) is 9.04. The molecule has 0 unspecified atom stereocenters. The van der Waals surface area contributed by atoms with Gasteiger partial charge in [0, 0.05) is 43.1 Å². The molecule has 144 valence electrons. The second-order valence-electron chi connectivity index (χ2n) is 6.58. The first-order valence-electron chi connectivity index (χ1n) is 9.10. The molecule has 2 aromatic rings. The van der Waals surface area contributed by atoms with E-state index in [0.29, 0.717) is 37.0 Å². The summed E-state index contributed by atoms with van der Waals surface area (Å²) in [6, 6.07) is 9.20. The largest absolute Gasteiger partial charge is 0.497 e. The Morgan fingerprint density at radius 3 is 2.48 bits per heavy atom. The number of halogens is 1. The topological polar surface area (TPSA) is 64.6 Å². The van der Waals surface area contributed by atoms with Gasteiger partial charge < -0.3 is 14.4 Å². The van der Waals surface area contributed by atoms with Crippen molar-refractivity contribution >= 4 is 17.5 Å². The number of likely N-dealkylation sites (tertiary alicyclic amines) is 1. The van der Waals surface area contributed by atoms with Crippen LogP contribution in [0.1, 0.15) is 36.7 Å². The molecule has 6 nitrogen and oxygen atoms in total. The number of hydrogen-bond acceptors (Lipinski definition) is 5. The molecule has 0 N–H and O–H groups in total. The highest BCUT2D eigenvalue weighted by atomic mass is 35.5. The van der Waals surface area contributed by atoms with Gasteiger partial charge in [-0.05, 0) is 44.0 Å². The molecule has 0 bridgehead atoms. The van der Waals surface area contributed by atoms with E-state index >= 15 is 0 Å². The Morgan fingerprint density at radius 2 is 1.85 bits per heavy atom. The van der Waals surface area contributed by atoms with Gasteiger partial charge in [0.05, 0.1) is 7.11 Å². The van der Waals surface area contributed by atoms with Crippen LogP contribution < -0.4 is 9.47 Å². The molecule has 3 rings (SSSR count). The van der Waals surface area contributed by atoms with Crippen molar-refractivity contribution < 1.29 is 14.3 Å². The average Bonchev–Trinajstić information content (AvgIpc) is 2.68. The van der Waals surface area contributed by atoms with Gasteiger partial charge in [0.25, 0.3) is 0 Å². The maximum atomic E-state index is 12.0. The Morgan fingerprint density at radius 1 is 1.19 bits per heavy atom. The number of aryl methyl sites for hydroxylation is 1. The molecule has 1 saturated heterocycles. The highest BCUT2D eigenvalue weighted by Gasteiger charge is 2.25. The zero-order valence-electron chi connectivity index (χ0n) is 15.7. The lowest BCUT2D eigenvalue weighted by Gasteiger charge is -2.31. The zero-order chi connectivity index (χ0) is 19.2. The van der Waals surface area contributed by atoms with Gasteiger partial charge in [-0.25, -0.2) is 4.98 Å². The highest BCUT2D eigenvalue weighted by molar-refractivity contribution is 6.18. The number of methoxy groups -OCH3 is 1. The molecule has 0 spiro atoms. The van der Waals surface area contributed by atoms with Gasteiger partial charge in [-0.15, -0.1) is 11.6 Å². The molecule has 1 aliphatic heterocycles. The third kappa shape index (κ3) is 5.10. The standard InChI is InChI=1S/C20H24ClN3O3/c1-14-13-18(27-17-5-3-16(26-2)4-6-17)23-20(22-14)15-8-11-24(12-9-15)19(25)7-10-21/h3-6,13,15H,7-12H2,1-2H3. The molecule has 1 aliphatic rings. The lowest BCUT2D eigenvalue weighted by Crippen LogP contribution is -2.38. The fourth-order valence-corrected chi connectivity index (χ4v) is 3.35. The Bertz CT molecular complexity index is 775. The van der Waals surface area contributed by atoms with E-state index in [1.807, 2.05) is 42.2 Å². The fourth-order valence-electron chi connectivity index (χ4n) is 3.19. The molecule has 1 aromatic heterocycles. The normalized spacial score (nSPS) is 14.9. The molecular weight excluding hydrogens is 366 g/mol. The lowest BCUT2D eigenvalue weighted by atomic mass is 9.95. The van der Waals surface area contributed by atoms with Crippen LogP contribution in [0.3, 0.4) is 0 Å². The molecule has 2 heterocycles. The van der Waals surface area contributed by atoms with E-state index < -0.39 is 0 Å². The van der Waals surface area contributed by atoms with E-state index in [1.54, 1.807) is 7.11 Å². The van der Waals surface area contributed by atoms with Gasteiger partial charge in [0.2, 0.25) is 11.8 Å². The first kappa shape index (κ1) is 19.4. The molecule has 1 amide bonds. The first-order chi connectivity index (χ1) is 13.1. The quantitative estimate of drug-likeness (QED) is 0.700. The van der Waals surface area contributed by atoms with Crippen molar-refractivity contribution in [2.24, 2.45) is 0 Å². The number of ether oxygens (including phenoxy) is 2. The summed E-state index contributed by atoms with van der Waals surface area (Å²) in [5, 5.41) is 0. The van der Waals surface area contributed by atoms with E-state index in [-0.39, 0.29) is 11.8 Å². The number of aromatic nitrogens is 2. The Balaban J connectivity index is 1.67. The summed E-state index contributed by atoms with van der Waals surface area (Å²) in [5.41, 5.74) is 0.865. The average molecular weight is 390 g/mol. The molecule has 27 heavy (non-hydrogen) atoms. The minimum absolute atomic E-state index is 0.122. The monoisotopic (exact) mass is 389 g/mol. The van der Waals surface area contributed by atoms with E-state index in [4.69, 9.17) is 21.1 Å². The van der Waals surface area contributed by atoms with Crippen molar-refractivity contribution in [2.45, 2.75) is 32.1 Å². The van der Waals surface area contributed by atoms with Crippen LogP contribution in [0.15, 0.2) is 30.3 Å². The highest BCUT2D eigenvalue weighted by Crippen LogP contribution is 2.29. The van der Waals surface area contributed by atoms with Crippen LogP contribution in [0.25, 0.3) is 0 Å². The van der Waals surface area contributed by atoms with Crippen molar-refractivity contribution in [3.05, 3.63) is 41.9 Å². The van der Waals surface area contributed by atoms with Gasteiger partial charge in [-0.2, -0.15) is 4.98 Å². The van der Waals surface area contributed by atoms with Crippen molar-refractivity contribution in [1.82, 2.24) is 14.9 Å². The van der Waals surface area contributed by atoms with Crippen LogP contribution in [0.2, 0.25) is 0 Å². The van der Waals surface area contributed by atoms with Crippen molar-refractivity contribution in [3.8, 4) is 17.4 Å². The zero-order valence-corrected chi connectivity index (χ0v) is 16.4. The third-order valence-corrected chi connectivity index (χ3v) is 4.84. The summed E-state index contributed by atoms with van der Waals surface area (Å²) in [6.45, 7) is 3.36. The second-order valence-corrected chi connectivity index (χ2v) is 6.96. The first-order valence-corrected chi connectivity index (χ1v) is 9.63. The summed E-state index contributed by atoms with van der Waals surface area (Å²) >= 11 is 5.67. The van der Waals surface area contributed by atoms with E-state index in [0.717, 1.165) is 30.1 Å². The van der Waals surface area contributed by atoms with E-state index in [9.17, 15) is 4.79 Å². The van der Waals surface area contributed by atoms with Crippen molar-refractivity contribution in [1.29, 1.82) is 0 Å². The van der Waals surface area contributed by atoms with Crippen LogP contribution in [0, 0.1) is 6.92 Å². The molecule has 0 aliphatic carbocycles. The minimum Gasteiger partial charge on any atom is -0.497 e. The van der Waals surface area contributed by atoms with Crippen LogP contribution in [-0.4, -0.2) is 46.9 Å². The molecule has 0 atom stereocenters. The maximum absolute atomic E-state index is 12.0. The van der Waals surface area contributed by atoms with Crippen LogP contribution >= 0.6 is 11.6 Å². The van der Waals surface area contributed by atoms with Gasteiger partial charge in [-0.1, -0.05) is 0 Å². The number of carbonyl (C=O) groups is 1. The number of piperidine rings is 1. The Kier molecular flexibility index (Phi) is 6.50. The van der Waals surface area contributed by atoms with Gasteiger partial charge in [-0.3, -0.25) is 4.79 Å². The van der Waals surface area contributed by atoms with Gasteiger partial charge in [0.15, 0.2) is 0 Å². The summed E-state index contributed by atoms with van der Waals surface area (Å²) in [7, 11) is 1.63. The summed E-state index contributed by atoms with van der Waals surface area (Å²) in [5.74, 6) is 3.50. The SMILES string of the molecule is COc1ccc(Oc2cc(C)nc(C3CCN(C(=O)CCCl)CC3)n2)cc1. The molecular formula is C20H24ClN3O3. The molecule has 7 heteroatoms. The Labute approximate surface area is 164 Å².